The van der Waals surface area contributed by atoms with Gasteiger partial charge in [0.15, 0.2) is 0 Å². The average molecular weight is 154 g/mol. The van der Waals surface area contributed by atoms with Gasteiger partial charge in [-0.2, -0.15) is 0 Å². The summed E-state index contributed by atoms with van der Waals surface area (Å²) in [6.45, 7) is 4.83. The minimum atomic E-state index is 0. The molecule has 0 fully saturated rings. The molecule has 0 radical (unpaired) electrons. The van der Waals surface area contributed by atoms with Crippen molar-refractivity contribution in [2.24, 2.45) is 11.7 Å². The largest absolute Gasteiger partial charge is 0.384 e. The number of hydrogen-bond acceptors (Lipinski definition) is 2. The number of rotatable bonds is 3. The molecular weight excluding hydrogens is 138 g/mol. The monoisotopic (exact) mass is 153 g/mol. The summed E-state index contributed by atoms with van der Waals surface area (Å²) in [6, 6.07) is 0.245. The van der Waals surface area contributed by atoms with Crippen molar-refractivity contribution in [3.63, 3.8) is 0 Å². The maximum atomic E-state index is 5.54. The van der Waals surface area contributed by atoms with E-state index in [9.17, 15) is 0 Å². The van der Waals surface area contributed by atoms with Gasteiger partial charge in [-0.3, -0.25) is 0 Å². The lowest BCUT2D eigenvalue weighted by Gasteiger charge is -2.12. The Kier molecular flexibility index (Phi) is 8.40. The fourth-order valence-corrected chi connectivity index (χ4v) is 0.415. The number of halogens is 1. The van der Waals surface area contributed by atoms with Gasteiger partial charge in [0.05, 0.1) is 6.61 Å². The van der Waals surface area contributed by atoms with Gasteiger partial charge < -0.3 is 10.5 Å². The van der Waals surface area contributed by atoms with E-state index in [1.54, 1.807) is 7.11 Å². The Bertz CT molecular complexity index is 59.0. The van der Waals surface area contributed by atoms with Crippen molar-refractivity contribution in [2.45, 2.75) is 19.9 Å². The van der Waals surface area contributed by atoms with Gasteiger partial charge in [0.2, 0.25) is 0 Å². The van der Waals surface area contributed by atoms with Crippen molar-refractivity contribution in [3.05, 3.63) is 0 Å². The quantitative estimate of drug-likeness (QED) is 0.658. The number of hydrogen-bond donors (Lipinski definition) is 1. The van der Waals surface area contributed by atoms with E-state index >= 15 is 0 Å². The Hall–Kier alpha value is 0.210. The first-order valence-corrected chi connectivity index (χ1v) is 2.93. The van der Waals surface area contributed by atoms with Crippen LogP contribution in [0.2, 0.25) is 0 Å². The maximum absolute atomic E-state index is 5.54. The predicted octanol–water partition coefficient (Wildman–Crippen LogP) is 1.04. The van der Waals surface area contributed by atoms with Crippen LogP contribution in [0.5, 0.6) is 0 Å². The van der Waals surface area contributed by atoms with Crippen LogP contribution in [0.4, 0.5) is 0 Å². The van der Waals surface area contributed by atoms with Crippen LogP contribution in [0, 0.1) is 5.92 Å². The van der Waals surface area contributed by atoms with Gasteiger partial charge in [-0.05, 0) is 12.8 Å². The van der Waals surface area contributed by atoms with Crippen LogP contribution >= 0.6 is 12.4 Å². The fourth-order valence-electron chi connectivity index (χ4n) is 0.415. The molecule has 1 unspecified atom stereocenters. The molecule has 58 valence electrons. The van der Waals surface area contributed by atoms with E-state index < -0.39 is 0 Å². The number of methoxy groups -OCH3 is 1. The number of nitrogens with two attached hydrogens (primary N) is 1. The lowest BCUT2D eigenvalue weighted by atomic mass is 10.1. The summed E-state index contributed by atoms with van der Waals surface area (Å²) in [4.78, 5) is 0. The Morgan fingerprint density at radius 1 is 1.44 bits per heavy atom. The molecule has 0 aliphatic rings. The van der Waals surface area contributed by atoms with E-state index in [1.807, 2.05) is 6.92 Å². The summed E-state index contributed by atoms with van der Waals surface area (Å²) in [5.74, 6) is 0.472. The van der Waals surface area contributed by atoms with Crippen LogP contribution in [-0.4, -0.2) is 19.8 Å². The highest BCUT2D eigenvalue weighted by molar-refractivity contribution is 5.85. The Morgan fingerprint density at radius 3 is 2.00 bits per heavy atom. The molecule has 0 bridgehead atoms. The molecule has 0 heterocycles. The molecule has 0 aliphatic heterocycles. The molecule has 2 nitrogen and oxygen atoms in total. The van der Waals surface area contributed by atoms with Crippen LogP contribution in [0.1, 0.15) is 13.8 Å². The molecule has 0 saturated heterocycles. The van der Waals surface area contributed by atoms with Crippen molar-refractivity contribution in [3.8, 4) is 0 Å². The SMILES string of the molecule is COCC(C)[C@@H](C)N.Cl. The second-order valence-corrected chi connectivity index (χ2v) is 2.29. The van der Waals surface area contributed by atoms with Gasteiger partial charge in [0.25, 0.3) is 0 Å². The molecule has 0 amide bonds. The van der Waals surface area contributed by atoms with Gasteiger partial charge >= 0.3 is 0 Å². The standard InChI is InChI=1S/C6H15NO.ClH/c1-5(4-8-3)6(2)7;/h5-6H,4,7H2,1-3H3;1H/t5?,6-;/m1./s1. The maximum Gasteiger partial charge on any atom is 0.0502 e. The van der Waals surface area contributed by atoms with Crippen molar-refractivity contribution in [1.29, 1.82) is 0 Å². The zero-order chi connectivity index (χ0) is 6.57. The second kappa shape index (κ2) is 6.33. The topological polar surface area (TPSA) is 35.2 Å². The lowest BCUT2D eigenvalue weighted by molar-refractivity contribution is 0.150. The average Bonchev–Trinajstić information content (AvgIpc) is 1.67. The molecule has 0 aliphatic carbocycles. The summed E-state index contributed by atoms with van der Waals surface area (Å²) in [6.07, 6.45) is 0. The van der Waals surface area contributed by atoms with Crippen LogP contribution in [0.25, 0.3) is 0 Å². The summed E-state index contributed by atoms with van der Waals surface area (Å²) >= 11 is 0. The molecule has 9 heavy (non-hydrogen) atoms. The highest BCUT2D eigenvalue weighted by Gasteiger charge is 2.04. The smallest absolute Gasteiger partial charge is 0.0502 e. The molecule has 0 aromatic heterocycles. The summed E-state index contributed by atoms with van der Waals surface area (Å²) in [5.41, 5.74) is 5.54. The van der Waals surface area contributed by atoms with Gasteiger partial charge in [0, 0.05) is 13.2 Å². The first-order valence-electron chi connectivity index (χ1n) is 2.93. The Morgan fingerprint density at radius 2 is 1.89 bits per heavy atom. The van der Waals surface area contributed by atoms with E-state index in [-0.39, 0.29) is 18.4 Å². The van der Waals surface area contributed by atoms with Crippen molar-refractivity contribution in [2.75, 3.05) is 13.7 Å². The van der Waals surface area contributed by atoms with E-state index in [2.05, 4.69) is 6.92 Å². The van der Waals surface area contributed by atoms with E-state index in [1.165, 1.54) is 0 Å². The van der Waals surface area contributed by atoms with Crippen LogP contribution < -0.4 is 5.73 Å². The van der Waals surface area contributed by atoms with Gasteiger partial charge in [-0.1, -0.05) is 6.92 Å². The van der Waals surface area contributed by atoms with Crippen molar-refractivity contribution >= 4 is 12.4 Å². The summed E-state index contributed by atoms with van der Waals surface area (Å²) < 4.78 is 4.88. The molecule has 0 saturated carbocycles. The zero-order valence-electron chi connectivity index (χ0n) is 6.26. The molecule has 2 N–H and O–H groups in total. The number of ether oxygens (including phenoxy) is 1. The minimum absolute atomic E-state index is 0. The van der Waals surface area contributed by atoms with Gasteiger partial charge in [-0.25, -0.2) is 0 Å². The van der Waals surface area contributed by atoms with Gasteiger partial charge in [-0.15, -0.1) is 12.4 Å². The molecule has 2 atom stereocenters. The normalized spacial score (nSPS) is 16.0. The van der Waals surface area contributed by atoms with Crippen LogP contribution in [0.3, 0.4) is 0 Å². The van der Waals surface area contributed by atoms with Crippen LogP contribution in [-0.2, 0) is 4.74 Å². The fraction of sp³-hybridized carbons (Fsp3) is 1.00. The van der Waals surface area contributed by atoms with Crippen molar-refractivity contribution in [1.82, 2.24) is 0 Å². The second-order valence-electron chi connectivity index (χ2n) is 2.29. The molecule has 0 spiro atoms. The van der Waals surface area contributed by atoms with E-state index in [0.717, 1.165) is 6.61 Å². The summed E-state index contributed by atoms with van der Waals surface area (Å²) in [5, 5.41) is 0. The predicted molar refractivity (Wildman–Crippen MR) is 41.9 cm³/mol. The van der Waals surface area contributed by atoms with E-state index in [0.29, 0.717) is 5.92 Å². The summed E-state index contributed by atoms with van der Waals surface area (Å²) in [7, 11) is 1.69. The molecule has 0 aromatic carbocycles. The Balaban J connectivity index is 0. The zero-order valence-corrected chi connectivity index (χ0v) is 7.07. The molecule has 0 aromatic rings. The van der Waals surface area contributed by atoms with Gasteiger partial charge in [0.1, 0.15) is 0 Å². The minimum Gasteiger partial charge on any atom is -0.384 e. The highest BCUT2D eigenvalue weighted by Crippen LogP contribution is 1.97. The highest BCUT2D eigenvalue weighted by atomic mass is 35.5. The third-order valence-corrected chi connectivity index (χ3v) is 1.33. The molecule has 0 rings (SSSR count). The van der Waals surface area contributed by atoms with E-state index in [4.69, 9.17) is 10.5 Å². The van der Waals surface area contributed by atoms with Crippen molar-refractivity contribution < 1.29 is 4.74 Å². The lowest BCUT2D eigenvalue weighted by Crippen LogP contribution is -2.27. The third-order valence-electron chi connectivity index (χ3n) is 1.33. The molecular formula is C6H16ClNO. The third kappa shape index (κ3) is 6.09. The first-order chi connectivity index (χ1) is 3.68. The van der Waals surface area contributed by atoms with Crippen LogP contribution in [0.15, 0.2) is 0 Å². The Labute approximate surface area is 63.2 Å². The first kappa shape index (κ1) is 11.9. The molecule has 3 heteroatoms.